The van der Waals surface area contributed by atoms with Crippen molar-refractivity contribution >= 4 is 7.69 Å². The molecule has 61 valence electrons. The van der Waals surface area contributed by atoms with Crippen LogP contribution in [0.1, 0.15) is 0 Å². The zero-order chi connectivity index (χ0) is 8.81. The van der Waals surface area contributed by atoms with E-state index in [0.29, 0.717) is 13.4 Å². The Balaban J connectivity index is 2.29. The fourth-order valence-electron chi connectivity index (χ4n) is 0.611. The summed E-state index contributed by atoms with van der Waals surface area (Å²) in [5.41, 5.74) is 0. The maximum absolute atomic E-state index is 9.66. The van der Waals surface area contributed by atoms with Gasteiger partial charge in [-0.2, -0.15) is 0 Å². The lowest BCUT2D eigenvalue weighted by Gasteiger charge is -2.00. The van der Waals surface area contributed by atoms with Gasteiger partial charge in [-0.05, 0) is 12.1 Å². The van der Waals surface area contributed by atoms with Crippen molar-refractivity contribution in [3.8, 4) is 5.75 Å². The molecule has 5 nitrogen and oxygen atoms in total. The highest BCUT2D eigenvalue weighted by Crippen LogP contribution is 2.06. The lowest BCUT2D eigenvalue weighted by molar-refractivity contribution is -0.718. The summed E-state index contributed by atoms with van der Waals surface area (Å²) in [6.07, 6.45) is 0. The Hall–Kier alpha value is -1.72. The van der Waals surface area contributed by atoms with E-state index in [0.717, 1.165) is 0 Å². The number of hydrogen-bond acceptors (Lipinski definition) is 4. The summed E-state index contributed by atoms with van der Waals surface area (Å²) in [4.78, 5) is 9.66. The van der Waals surface area contributed by atoms with Crippen LogP contribution in [0.4, 0.5) is 0 Å². The minimum atomic E-state index is -0.955. The number of rotatable bonds is 4. The molecule has 0 bridgehead atoms. The van der Waals surface area contributed by atoms with Gasteiger partial charge in [-0.3, -0.25) is 0 Å². The molecule has 0 amide bonds. The number of hydrogen-bond donors (Lipinski definition) is 0. The minimum absolute atomic E-state index is 0.486. The first-order chi connectivity index (χ1) is 5.79. The van der Waals surface area contributed by atoms with Crippen LogP contribution in [0.15, 0.2) is 30.3 Å². The molecule has 1 rings (SSSR count). The summed E-state index contributed by atoms with van der Waals surface area (Å²) in [5, 5.41) is 8.71. The highest BCUT2D eigenvalue weighted by atomic mass is 16.9. The molecule has 0 saturated carbocycles. The topological polar surface area (TPSA) is 61.6 Å². The Morgan fingerprint density at radius 2 is 2.00 bits per heavy atom. The van der Waals surface area contributed by atoms with Gasteiger partial charge in [0.05, 0.1) is 5.75 Å². The van der Waals surface area contributed by atoms with Crippen LogP contribution >= 0.6 is 0 Å². The predicted molar refractivity (Wildman–Crippen MR) is 40.9 cm³/mol. The molecular formula is C6H5BNO4. The summed E-state index contributed by atoms with van der Waals surface area (Å²) >= 11 is 0. The molecule has 1 radical (unpaired) electrons. The molecule has 0 unspecified atom stereocenters. The predicted octanol–water partition coefficient (Wildman–Crippen LogP) is 0.808. The van der Waals surface area contributed by atoms with Crippen molar-refractivity contribution in [3.63, 3.8) is 0 Å². The molecule has 0 aliphatic heterocycles. The van der Waals surface area contributed by atoms with Crippen LogP contribution in [0.5, 0.6) is 5.75 Å². The molecule has 6 heteroatoms. The van der Waals surface area contributed by atoms with Gasteiger partial charge in [0.25, 0.3) is 5.09 Å². The van der Waals surface area contributed by atoms with Gasteiger partial charge in [-0.25, -0.2) is 0 Å². The summed E-state index contributed by atoms with van der Waals surface area (Å²) in [7, 11) is 0.662. The van der Waals surface area contributed by atoms with E-state index in [4.69, 9.17) is 4.65 Å². The fourth-order valence-corrected chi connectivity index (χ4v) is 0.611. The Morgan fingerprint density at radius 3 is 2.58 bits per heavy atom. The zero-order valence-corrected chi connectivity index (χ0v) is 6.04. The maximum atomic E-state index is 9.66. The molecule has 0 aliphatic rings. The van der Waals surface area contributed by atoms with E-state index in [2.05, 4.69) is 4.76 Å². The van der Waals surface area contributed by atoms with Gasteiger partial charge in [0, 0.05) is 0 Å². The Bertz CT molecular complexity index is 253. The highest BCUT2D eigenvalue weighted by molar-refractivity contribution is 6.18. The van der Waals surface area contributed by atoms with Gasteiger partial charge in [-0.15, -0.1) is 10.1 Å². The van der Waals surface area contributed by atoms with Crippen molar-refractivity contribution < 1.29 is 14.5 Å². The first-order valence-electron chi connectivity index (χ1n) is 3.13. The highest BCUT2D eigenvalue weighted by Gasteiger charge is 2.00. The van der Waals surface area contributed by atoms with Crippen LogP contribution < -0.4 is 4.65 Å². The van der Waals surface area contributed by atoms with Crippen molar-refractivity contribution in [2.75, 3.05) is 0 Å². The van der Waals surface area contributed by atoms with E-state index in [9.17, 15) is 10.1 Å². The van der Waals surface area contributed by atoms with Gasteiger partial charge >= 0.3 is 7.69 Å². The van der Waals surface area contributed by atoms with Crippen molar-refractivity contribution in [3.05, 3.63) is 40.4 Å². The third kappa shape index (κ3) is 2.91. The first-order valence-corrected chi connectivity index (χ1v) is 3.13. The van der Waals surface area contributed by atoms with Crippen molar-refractivity contribution in [1.29, 1.82) is 0 Å². The normalized spacial score (nSPS) is 8.67. The quantitative estimate of drug-likeness (QED) is 0.377. The molecule has 0 atom stereocenters. The van der Waals surface area contributed by atoms with Crippen LogP contribution in [-0.2, 0) is 4.76 Å². The van der Waals surface area contributed by atoms with Crippen LogP contribution in [0.2, 0.25) is 0 Å². The monoisotopic (exact) mass is 166 g/mol. The molecule has 0 aromatic heterocycles. The van der Waals surface area contributed by atoms with Gasteiger partial charge in [0.15, 0.2) is 0 Å². The molecule has 1 aromatic rings. The van der Waals surface area contributed by atoms with E-state index in [1.807, 2.05) is 0 Å². The third-order valence-corrected chi connectivity index (χ3v) is 1.06. The van der Waals surface area contributed by atoms with Crippen LogP contribution in [-0.4, -0.2) is 12.8 Å². The standard InChI is InChI=1S/C6H5BNO4/c9-8(10)12-7-11-6-4-2-1-3-5-6/h1-5H. The fraction of sp³-hybridized carbons (Fsp3) is 0. The Morgan fingerprint density at radius 1 is 1.33 bits per heavy atom. The van der Waals surface area contributed by atoms with Crippen LogP contribution in [0.25, 0.3) is 0 Å². The van der Waals surface area contributed by atoms with Crippen molar-refractivity contribution in [2.45, 2.75) is 0 Å². The second-order valence-corrected chi connectivity index (χ2v) is 1.86. The number of benzene rings is 1. The van der Waals surface area contributed by atoms with Gasteiger partial charge < -0.3 is 9.41 Å². The number of nitrogens with zero attached hydrogens (tertiary/aromatic N) is 1. The molecule has 0 spiro atoms. The van der Waals surface area contributed by atoms with E-state index in [1.54, 1.807) is 30.3 Å². The Labute approximate surface area is 69.3 Å². The zero-order valence-electron chi connectivity index (χ0n) is 6.04. The average molecular weight is 166 g/mol. The molecule has 0 aliphatic carbocycles. The van der Waals surface area contributed by atoms with Crippen LogP contribution in [0, 0.1) is 10.1 Å². The summed E-state index contributed by atoms with van der Waals surface area (Å²) in [5.74, 6) is 0.486. The summed E-state index contributed by atoms with van der Waals surface area (Å²) in [6.45, 7) is 0. The van der Waals surface area contributed by atoms with E-state index < -0.39 is 5.09 Å². The number of para-hydroxylation sites is 1. The first kappa shape index (κ1) is 8.38. The third-order valence-electron chi connectivity index (χ3n) is 1.06. The van der Waals surface area contributed by atoms with Gasteiger partial charge in [-0.1, -0.05) is 18.2 Å². The smallest absolute Gasteiger partial charge is 0.540 e. The van der Waals surface area contributed by atoms with E-state index in [-0.39, 0.29) is 0 Å². The summed E-state index contributed by atoms with van der Waals surface area (Å²) < 4.78 is 8.55. The SMILES string of the molecule is O=[N+]([O-])O[B]Oc1ccccc1. The molecule has 0 heterocycles. The van der Waals surface area contributed by atoms with Gasteiger partial charge in [0.1, 0.15) is 0 Å². The molecule has 1 aromatic carbocycles. The van der Waals surface area contributed by atoms with E-state index in [1.165, 1.54) is 0 Å². The van der Waals surface area contributed by atoms with Crippen LogP contribution in [0.3, 0.4) is 0 Å². The van der Waals surface area contributed by atoms with Crippen molar-refractivity contribution in [1.82, 2.24) is 0 Å². The van der Waals surface area contributed by atoms with Crippen molar-refractivity contribution in [2.24, 2.45) is 0 Å². The maximum Gasteiger partial charge on any atom is 0.608 e. The lowest BCUT2D eigenvalue weighted by Crippen LogP contribution is -2.12. The molecule has 0 N–H and O–H groups in total. The Kier molecular flexibility index (Phi) is 2.95. The minimum Gasteiger partial charge on any atom is -0.540 e. The molecule has 12 heavy (non-hydrogen) atoms. The average Bonchev–Trinajstić information content (AvgIpc) is 2.05. The second-order valence-electron chi connectivity index (χ2n) is 1.86. The lowest BCUT2D eigenvalue weighted by atomic mass is 10.3. The summed E-state index contributed by atoms with van der Waals surface area (Å²) in [6, 6.07) is 8.60. The van der Waals surface area contributed by atoms with E-state index >= 15 is 0 Å². The second kappa shape index (κ2) is 4.22. The molecule has 0 fully saturated rings. The van der Waals surface area contributed by atoms with Gasteiger partial charge in [0.2, 0.25) is 0 Å². The largest absolute Gasteiger partial charge is 0.608 e. The molecule has 0 saturated heterocycles. The molecular weight excluding hydrogens is 161 g/mol.